The van der Waals surface area contributed by atoms with Gasteiger partial charge in [-0.1, -0.05) is 25.1 Å². The highest BCUT2D eigenvalue weighted by Gasteiger charge is 2.44. The third kappa shape index (κ3) is 2.27. The number of fused-ring (bicyclic) bond motifs is 2. The molecule has 1 heterocycles. The van der Waals surface area contributed by atoms with Crippen molar-refractivity contribution in [2.24, 2.45) is 5.41 Å². The number of nitrogens with one attached hydrogen (secondary N) is 1. The Morgan fingerprint density at radius 1 is 1.16 bits per heavy atom. The Hall–Kier alpha value is -1.02. The van der Waals surface area contributed by atoms with Crippen LogP contribution in [0.5, 0.6) is 0 Å². The summed E-state index contributed by atoms with van der Waals surface area (Å²) in [4.78, 5) is 0. The lowest BCUT2D eigenvalue weighted by Gasteiger charge is -2.43. The van der Waals surface area contributed by atoms with Gasteiger partial charge in [0.25, 0.3) is 0 Å². The summed E-state index contributed by atoms with van der Waals surface area (Å²) in [5, 5.41) is 3.60. The van der Waals surface area contributed by atoms with E-state index in [0.717, 1.165) is 19.8 Å². The molecule has 1 N–H and O–H groups in total. The van der Waals surface area contributed by atoms with Crippen molar-refractivity contribution in [2.45, 2.75) is 44.9 Å². The molecule has 3 rings (SSSR count). The monoisotopic (exact) mass is 259 g/mol. The van der Waals surface area contributed by atoms with Crippen LogP contribution in [-0.2, 0) is 10.2 Å². The molecule has 0 saturated heterocycles. The average molecular weight is 259 g/mol. The predicted molar refractivity (Wildman–Crippen MR) is 79.7 cm³/mol. The zero-order chi connectivity index (χ0) is 13.3. The molecule has 0 radical (unpaired) electrons. The van der Waals surface area contributed by atoms with Gasteiger partial charge in [-0.15, -0.1) is 0 Å². The quantitative estimate of drug-likeness (QED) is 0.887. The molecule has 0 unspecified atom stereocenters. The Morgan fingerprint density at radius 3 is 2.63 bits per heavy atom. The van der Waals surface area contributed by atoms with E-state index in [1.165, 1.54) is 31.4 Å². The second-order valence-electron chi connectivity index (χ2n) is 6.63. The molecule has 1 aromatic carbocycles. The van der Waals surface area contributed by atoms with Crippen molar-refractivity contribution < 1.29 is 4.74 Å². The minimum atomic E-state index is 0.388. The molecule has 1 fully saturated rings. The van der Waals surface area contributed by atoms with Gasteiger partial charge in [0, 0.05) is 24.3 Å². The number of rotatable bonds is 3. The van der Waals surface area contributed by atoms with E-state index in [2.05, 4.69) is 43.4 Å². The van der Waals surface area contributed by atoms with E-state index in [1.807, 2.05) is 0 Å². The van der Waals surface area contributed by atoms with E-state index < -0.39 is 0 Å². The standard InChI is InChI=1S/C17H25NO/c1-3-19-13-16(2)8-10-17(11-9-16)12-18-15-7-5-4-6-14(15)17/h4-7,18H,3,8-13H2,1-2H3. The van der Waals surface area contributed by atoms with Crippen molar-refractivity contribution >= 4 is 5.69 Å². The zero-order valence-electron chi connectivity index (χ0n) is 12.2. The summed E-state index contributed by atoms with van der Waals surface area (Å²) in [6.07, 6.45) is 5.15. The first-order chi connectivity index (χ1) is 9.18. The van der Waals surface area contributed by atoms with E-state index in [9.17, 15) is 0 Å². The summed E-state index contributed by atoms with van der Waals surface area (Å²) in [7, 11) is 0. The molecule has 0 aromatic heterocycles. The normalized spacial score (nSPS) is 33.2. The molecule has 2 aliphatic rings. The number of benzene rings is 1. The van der Waals surface area contributed by atoms with Crippen LogP contribution >= 0.6 is 0 Å². The second-order valence-corrected chi connectivity index (χ2v) is 6.63. The Labute approximate surface area is 116 Å². The van der Waals surface area contributed by atoms with Crippen molar-refractivity contribution in [1.82, 2.24) is 0 Å². The number of hydrogen-bond donors (Lipinski definition) is 1. The van der Waals surface area contributed by atoms with Gasteiger partial charge in [-0.05, 0) is 49.7 Å². The maximum atomic E-state index is 5.68. The second kappa shape index (κ2) is 4.82. The lowest BCUT2D eigenvalue weighted by molar-refractivity contribution is 0.0237. The van der Waals surface area contributed by atoms with E-state index >= 15 is 0 Å². The molecule has 19 heavy (non-hydrogen) atoms. The van der Waals surface area contributed by atoms with Crippen LogP contribution in [0.15, 0.2) is 24.3 Å². The van der Waals surface area contributed by atoms with Gasteiger partial charge in [-0.25, -0.2) is 0 Å². The Morgan fingerprint density at radius 2 is 1.89 bits per heavy atom. The van der Waals surface area contributed by atoms with Crippen LogP contribution < -0.4 is 5.32 Å². The van der Waals surface area contributed by atoms with Crippen molar-refractivity contribution in [1.29, 1.82) is 0 Å². The van der Waals surface area contributed by atoms with Crippen molar-refractivity contribution in [3.8, 4) is 0 Å². The fourth-order valence-corrected chi connectivity index (χ4v) is 3.73. The Bertz CT molecular complexity index is 446. The zero-order valence-corrected chi connectivity index (χ0v) is 12.2. The molecular weight excluding hydrogens is 234 g/mol. The lowest BCUT2D eigenvalue weighted by Crippen LogP contribution is -2.39. The molecule has 1 aliphatic heterocycles. The summed E-state index contributed by atoms with van der Waals surface area (Å²) in [5.74, 6) is 0. The van der Waals surface area contributed by atoms with Gasteiger partial charge in [-0.3, -0.25) is 0 Å². The first-order valence-electron chi connectivity index (χ1n) is 7.59. The molecule has 0 bridgehead atoms. The summed E-state index contributed by atoms with van der Waals surface area (Å²) in [5.41, 5.74) is 3.69. The third-order valence-corrected chi connectivity index (χ3v) is 5.18. The first-order valence-corrected chi connectivity index (χ1v) is 7.59. The molecule has 1 saturated carbocycles. The van der Waals surface area contributed by atoms with Gasteiger partial charge >= 0.3 is 0 Å². The van der Waals surface area contributed by atoms with Gasteiger partial charge in [-0.2, -0.15) is 0 Å². The topological polar surface area (TPSA) is 21.3 Å². The molecule has 2 heteroatoms. The van der Waals surface area contributed by atoms with Gasteiger partial charge < -0.3 is 10.1 Å². The van der Waals surface area contributed by atoms with E-state index in [1.54, 1.807) is 5.56 Å². The molecule has 1 aromatic rings. The van der Waals surface area contributed by atoms with Crippen LogP contribution in [-0.4, -0.2) is 19.8 Å². The predicted octanol–water partition coefficient (Wildman–Crippen LogP) is 3.97. The van der Waals surface area contributed by atoms with E-state index in [4.69, 9.17) is 4.74 Å². The lowest BCUT2D eigenvalue weighted by atomic mass is 9.63. The van der Waals surface area contributed by atoms with Crippen LogP contribution in [0, 0.1) is 5.41 Å². The number of ether oxygens (including phenoxy) is 1. The maximum absolute atomic E-state index is 5.68. The largest absolute Gasteiger partial charge is 0.384 e. The Balaban J connectivity index is 1.74. The van der Waals surface area contributed by atoms with Gasteiger partial charge in [0.15, 0.2) is 0 Å². The fraction of sp³-hybridized carbons (Fsp3) is 0.647. The minimum Gasteiger partial charge on any atom is -0.384 e. The van der Waals surface area contributed by atoms with Crippen molar-refractivity contribution in [2.75, 3.05) is 25.1 Å². The third-order valence-electron chi connectivity index (χ3n) is 5.18. The van der Waals surface area contributed by atoms with E-state index in [0.29, 0.717) is 10.8 Å². The molecule has 2 nitrogen and oxygen atoms in total. The highest BCUT2D eigenvalue weighted by atomic mass is 16.5. The van der Waals surface area contributed by atoms with Crippen LogP contribution in [0.1, 0.15) is 45.1 Å². The number of para-hydroxylation sites is 1. The summed E-state index contributed by atoms with van der Waals surface area (Å²) < 4.78 is 5.68. The van der Waals surface area contributed by atoms with Crippen molar-refractivity contribution in [3.05, 3.63) is 29.8 Å². The number of hydrogen-bond acceptors (Lipinski definition) is 2. The van der Waals surface area contributed by atoms with Crippen molar-refractivity contribution in [3.63, 3.8) is 0 Å². The van der Waals surface area contributed by atoms with Crippen LogP contribution in [0.4, 0.5) is 5.69 Å². The summed E-state index contributed by atoms with van der Waals surface area (Å²) >= 11 is 0. The van der Waals surface area contributed by atoms with Gasteiger partial charge in [0.05, 0.1) is 6.61 Å². The highest BCUT2D eigenvalue weighted by Crippen LogP contribution is 2.51. The maximum Gasteiger partial charge on any atom is 0.0519 e. The molecule has 0 amide bonds. The molecular formula is C17H25NO. The van der Waals surface area contributed by atoms with Gasteiger partial charge in [0.1, 0.15) is 0 Å². The molecule has 1 aliphatic carbocycles. The first kappa shape index (κ1) is 13.0. The summed E-state index contributed by atoms with van der Waals surface area (Å²) in [6.45, 7) is 7.37. The van der Waals surface area contributed by atoms with Crippen LogP contribution in [0.2, 0.25) is 0 Å². The highest BCUT2D eigenvalue weighted by molar-refractivity contribution is 5.60. The SMILES string of the molecule is CCOCC1(C)CCC2(CC1)CNc1ccccc12. The Kier molecular flexibility index (Phi) is 3.30. The average Bonchev–Trinajstić information content (AvgIpc) is 2.81. The summed E-state index contributed by atoms with van der Waals surface area (Å²) in [6, 6.07) is 8.85. The van der Waals surface area contributed by atoms with E-state index in [-0.39, 0.29) is 0 Å². The fourth-order valence-electron chi connectivity index (χ4n) is 3.73. The molecule has 0 atom stereocenters. The molecule has 1 spiro atoms. The van der Waals surface area contributed by atoms with Gasteiger partial charge in [0.2, 0.25) is 0 Å². The van der Waals surface area contributed by atoms with Crippen LogP contribution in [0.3, 0.4) is 0 Å². The van der Waals surface area contributed by atoms with Crippen LogP contribution in [0.25, 0.3) is 0 Å². The smallest absolute Gasteiger partial charge is 0.0519 e. The minimum absolute atomic E-state index is 0.388. The number of anilines is 1. The molecule has 104 valence electrons.